The highest BCUT2D eigenvalue weighted by Gasteiger charge is 2.31. The fourth-order valence-corrected chi connectivity index (χ4v) is 4.08. The summed E-state index contributed by atoms with van der Waals surface area (Å²) >= 11 is 0. The Bertz CT molecular complexity index is 1180. The predicted octanol–water partition coefficient (Wildman–Crippen LogP) is 0.645. The third kappa shape index (κ3) is 3.06. The average Bonchev–Trinajstić information content (AvgIpc) is 3.52. The highest BCUT2D eigenvalue weighted by atomic mass is 16.2. The van der Waals surface area contributed by atoms with Gasteiger partial charge in [0.2, 0.25) is 11.8 Å². The molecule has 0 unspecified atom stereocenters. The normalized spacial score (nSPS) is 17.9. The fourth-order valence-electron chi connectivity index (χ4n) is 4.08. The Balaban J connectivity index is 1.48. The number of nitrogens with two attached hydrogens (primary N) is 1. The van der Waals surface area contributed by atoms with Gasteiger partial charge in [-0.25, -0.2) is 18.9 Å². The second-order valence-electron chi connectivity index (χ2n) is 7.92. The van der Waals surface area contributed by atoms with Crippen LogP contribution in [0.5, 0.6) is 0 Å². The molecule has 0 atom stereocenters. The van der Waals surface area contributed by atoms with E-state index in [1.807, 2.05) is 24.3 Å². The summed E-state index contributed by atoms with van der Waals surface area (Å²) in [5, 5.41) is 5.29. The number of fused-ring (bicyclic) bond motifs is 3. The van der Waals surface area contributed by atoms with Gasteiger partial charge in [0.1, 0.15) is 12.4 Å². The molecule has 2 aromatic heterocycles. The highest BCUT2D eigenvalue weighted by molar-refractivity contribution is 5.91. The predicted molar refractivity (Wildman–Crippen MR) is 105 cm³/mol. The van der Waals surface area contributed by atoms with E-state index >= 15 is 0 Å². The quantitative estimate of drug-likeness (QED) is 0.697. The molecule has 9 nitrogen and oxygen atoms in total. The van der Waals surface area contributed by atoms with Crippen LogP contribution in [0.3, 0.4) is 0 Å². The van der Waals surface area contributed by atoms with E-state index in [0.717, 1.165) is 29.6 Å². The summed E-state index contributed by atoms with van der Waals surface area (Å²) in [6.07, 6.45) is 3.13. The molecule has 29 heavy (non-hydrogen) atoms. The number of carbonyl (C=O) groups is 2. The van der Waals surface area contributed by atoms with Crippen molar-refractivity contribution in [3.63, 3.8) is 0 Å². The van der Waals surface area contributed by atoms with Crippen LogP contribution in [-0.4, -0.2) is 49.0 Å². The zero-order chi connectivity index (χ0) is 20.1. The van der Waals surface area contributed by atoms with Gasteiger partial charge in [0.25, 0.3) is 0 Å². The van der Waals surface area contributed by atoms with Crippen molar-refractivity contribution >= 4 is 28.4 Å². The first kappa shape index (κ1) is 17.8. The first-order chi connectivity index (χ1) is 14.0. The number of likely N-dealkylation sites (tertiary alicyclic amines) is 1. The maximum absolute atomic E-state index is 13.1. The van der Waals surface area contributed by atoms with Crippen molar-refractivity contribution in [1.82, 2.24) is 24.1 Å². The monoisotopic (exact) mass is 394 g/mol. The van der Waals surface area contributed by atoms with Gasteiger partial charge in [-0.3, -0.25) is 9.59 Å². The molecule has 0 spiro atoms. The Morgan fingerprint density at radius 1 is 1.10 bits per heavy atom. The molecule has 5 rings (SSSR count). The molecule has 0 radical (unpaired) electrons. The van der Waals surface area contributed by atoms with Crippen LogP contribution in [0.2, 0.25) is 0 Å². The van der Waals surface area contributed by atoms with Crippen LogP contribution >= 0.6 is 0 Å². The first-order valence-electron chi connectivity index (χ1n) is 9.98. The second kappa shape index (κ2) is 6.68. The molecule has 1 saturated heterocycles. The van der Waals surface area contributed by atoms with Gasteiger partial charge in [-0.05, 0) is 37.8 Å². The van der Waals surface area contributed by atoms with Crippen molar-refractivity contribution in [3.05, 3.63) is 40.6 Å². The van der Waals surface area contributed by atoms with Crippen LogP contribution in [0, 0.1) is 5.92 Å². The van der Waals surface area contributed by atoms with E-state index in [0.29, 0.717) is 31.6 Å². The SMILES string of the molecule is NC(=O)C1CCN(C(=O)Cn2nc3c4ccccc4nc(C4CC4)n3c2=O)CC1. The molecule has 2 aliphatic rings. The molecule has 1 aromatic carbocycles. The van der Waals surface area contributed by atoms with E-state index in [4.69, 9.17) is 10.7 Å². The third-order valence-electron chi connectivity index (χ3n) is 5.93. The standard InChI is InChI=1S/C20H22N6O3/c21-17(28)12-7-9-24(10-8-12)16(27)11-25-20(29)26-18(13-5-6-13)22-15-4-2-1-3-14(15)19(26)23-25/h1-4,12-13H,5-11H2,(H2,21,28). The first-order valence-corrected chi connectivity index (χ1v) is 9.98. The van der Waals surface area contributed by atoms with Crippen LogP contribution in [0.4, 0.5) is 0 Å². The van der Waals surface area contributed by atoms with Crippen LogP contribution < -0.4 is 11.4 Å². The van der Waals surface area contributed by atoms with Gasteiger partial charge in [0.15, 0.2) is 5.65 Å². The molecule has 3 heterocycles. The van der Waals surface area contributed by atoms with Gasteiger partial charge in [0, 0.05) is 30.3 Å². The van der Waals surface area contributed by atoms with Crippen LogP contribution in [-0.2, 0) is 16.1 Å². The smallest absolute Gasteiger partial charge is 0.352 e. The summed E-state index contributed by atoms with van der Waals surface area (Å²) in [4.78, 5) is 43.5. The molecular formula is C20H22N6O3. The van der Waals surface area contributed by atoms with Crippen molar-refractivity contribution in [2.75, 3.05) is 13.1 Å². The molecule has 1 aliphatic heterocycles. The lowest BCUT2D eigenvalue weighted by Crippen LogP contribution is -2.44. The summed E-state index contributed by atoms with van der Waals surface area (Å²) in [5.41, 5.74) is 6.37. The van der Waals surface area contributed by atoms with Crippen LogP contribution in [0.15, 0.2) is 29.1 Å². The number of para-hydroxylation sites is 1. The van der Waals surface area contributed by atoms with Gasteiger partial charge in [0.05, 0.1) is 5.52 Å². The summed E-state index contributed by atoms with van der Waals surface area (Å²) in [5.74, 6) is 0.311. The van der Waals surface area contributed by atoms with E-state index in [9.17, 15) is 14.4 Å². The van der Waals surface area contributed by atoms with Gasteiger partial charge in [-0.2, -0.15) is 0 Å². The number of hydrogen-bond donors (Lipinski definition) is 1. The molecular weight excluding hydrogens is 372 g/mol. The maximum atomic E-state index is 13.1. The minimum atomic E-state index is -0.333. The number of carbonyl (C=O) groups excluding carboxylic acids is 2. The molecule has 1 aliphatic carbocycles. The zero-order valence-electron chi connectivity index (χ0n) is 16.0. The molecule has 1 saturated carbocycles. The number of piperidine rings is 1. The number of benzene rings is 1. The number of rotatable bonds is 4. The Labute approximate surface area is 166 Å². The number of primary amides is 1. The van der Waals surface area contributed by atoms with E-state index < -0.39 is 0 Å². The molecule has 3 aromatic rings. The molecule has 0 bridgehead atoms. The van der Waals surface area contributed by atoms with Crippen LogP contribution in [0.1, 0.15) is 37.4 Å². The zero-order valence-corrected chi connectivity index (χ0v) is 16.0. The third-order valence-corrected chi connectivity index (χ3v) is 5.93. The van der Waals surface area contributed by atoms with E-state index in [1.165, 1.54) is 4.68 Å². The van der Waals surface area contributed by atoms with E-state index in [-0.39, 0.29) is 35.9 Å². The Morgan fingerprint density at radius 2 is 1.83 bits per heavy atom. The van der Waals surface area contributed by atoms with Crippen molar-refractivity contribution in [3.8, 4) is 0 Å². The van der Waals surface area contributed by atoms with Crippen molar-refractivity contribution in [1.29, 1.82) is 0 Å². The fraction of sp³-hybridized carbons (Fsp3) is 0.450. The molecule has 150 valence electrons. The van der Waals surface area contributed by atoms with Gasteiger partial charge in [-0.15, -0.1) is 5.10 Å². The molecule has 2 N–H and O–H groups in total. The van der Waals surface area contributed by atoms with E-state index in [2.05, 4.69) is 5.10 Å². The number of amides is 2. The van der Waals surface area contributed by atoms with Gasteiger partial charge in [-0.1, -0.05) is 12.1 Å². The second-order valence-corrected chi connectivity index (χ2v) is 7.92. The molecule has 2 fully saturated rings. The van der Waals surface area contributed by atoms with Gasteiger partial charge < -0.3 is 10.6 Å². The lowest BCUT2D eigenvalue weighted by atomic mass is 9.96. The lowest BCUT2D eigenvalue weighted by Gasteiger charge is -2.30. The maximum Gasteiger partial charge on any atom is 0.352 e. The molecule has 2 amide bonds. The molecule has 9 heteroatoms. The van der Waals surface area contributed by atoms with E-state index in [1.54, 1.807) is 9.30 Å². The number of nitrogens with zero attached hydrogens (tertiary/aromatic N) is 5. The summed E-state index contributed by atoms with van der Waals surface area (Å²) < 4.78 is 2.80. The number of aromatic nitrogens is 4. The van der Waals surface area contributed by atoms with Crippen LogP contribution in [0.25, 0.3) is 16.6 Å². The Kier molecular flexibility index (Phi) is 4.11. The Hall–Kier alpha value is -3.23. The van der Waals surface area contributed by atoms with Crippen molar-refractivity contribution < 1.29 is 9.59 Å². The number of hydrogen-bond acceptors (Lipinski definition) is 5. The lowest BCUT2D eigenvalue weighted by molar-refractivity contribution is -0.135. The van der Waals surface area contributed by atoms with Crippen molar-refractivity contribution in [2.45, 2.75) is 38.1 Å². The largest absolute Gasteiger partial charge is 0.369 e. The summed E-state index contributed by atoms with van der Waals surface area (Å²) in [6.45, 7) is 0.804. The summed E-state index contributed by atoms with van der Waals surface area (Å²) in [6, 6.07) is 7.61. The summed E-state index contributed by atoms with van der Waals surface area (Å²) in [7, 11) is 0. The average molecular weight is 394 g/mol. The minimum Gasteiger partial charge on any atom is -0.369 e. The van der Waals surface area contributed by atoms with Gasteiger partial charge >= 0.3 is 5.69 Å². The Morgan fingerprint density at radius 3 is 2.52 bits per heavy atom. The topological polar surface area (TPSA) is 116 Å². The highest BCUT2D eigenvalue weighted by Crippen LogP contribution is 2.39. The van der Waals surface area contributed by atoms with Crippen molar-refractivity contribution in [2.24, 2.45) is 11.7 Å². The minimum absolute atomic E-state index is 0.125.